The summed E-state index contributed by atoms with van der Waals surface area (Å²) < 4.78 is 41.0. The average Bonchev–Trinajstić information content (AvgIpc) is 3.49. The highest BCUT2D eigenvalue weighted by atomic mass is 32.2. The molecule has 166 valence electrons. The van der Waals surface area contributed by atoms with E-state index in [0.717, 1.165) is 37.2 Å². The van der Waals surface area contributed by atoms with Gasteiger partial charge in [0.05, 0.1) is 5.56 Å². The lowest BCUT2D eigenvalue weighted by atomic mass is 10.0. The largest absolute Gasteiger partial charge is 0.417 e. The van der Waals surface area contributed by atoms with Crippen LogP contribution in [0.3, 0.4) is 0 Å². The van der Waals surface area contributed by atoms with Crippen molar-refractivity contribution >= 4 is 17.8 Å². The van der Waals surface area contributed by atoms with Gasteiger partial charge in [0.15, 0.2) is 0 Å². The number of hydrogen-bond acceptors (Lipinski definition) is 4. The molecule has 0 bridgehead atoms. The molecule has 2 fully saturated rings. The number of hydrogen-bond donors (Lipinski definition) is 0. The molecule has 2 aliphatic carbocycles. The minimum Gasteiger partial charge on any atom is -0.351 e. The second kappa shape index (κ2) is 8.00. The van der Waals surface area contributed by atoms with Crippen LogP contribution in [0.1, 0.15) is 43.4 Å². The van der Waals surface area contributed by atoms with Crippen LogP contribution < -0.4 is 4.90 Å². The number of benzene rings is 1. The van der Waals surface area contributed by atoms with Gasteiger partial charge in [-0.3, -0.25) is 0 Å². The Morgan fingerprint density at radius 3 is 2.45 bits per heavy atom. The molecule has 0 radical (unpaired) electrons. The van der Waals surface area contributed by atoms with Crippen molar-refractivity contribution in [2.24, 2.45) is 11.8 Å². The summed E-state index contributed by atoms with van der Waals surface area (Å²) in [4.78, 5) is 7.62. The minimum atomic E-state index is -4.35. The van der Waals surface area contributed by atoms with Crippen molar-refractivity contribution in [3.8, 4) is 0 Å². The summed E-state index contributed by atoms with van der Waals surface area (Å²) in [5.74, 6) is 2.38. The van der Waals surface area contributed by atoms with Gasteiger partial charge in [-0.15, -0.1) is 0 Å². The topological polar surface area (TPSA) is 19.4 Å². The van der Waals surface area contributed by atoms with E-state index in [1.54, 1.807) is 0 Å². The maximum atomic E-state index is 12.9. The zero-order valence-corrected chi connectivity index (χ0v) is 18.7. The van der Waals surface area contributed by atoms with E-state index in [-0.39, 0.29) is 12.1 Å². The van der Waals surface area contributed by atoms with Crippen LogP contribution in [-0.2, 0) is 19.0 Å². The first-order valence-electron chi connectivity index (χ1n) is 11.1. The number of anilines is 1. The van der Waals surface area contributed by atoms with Crippen LogP contribution in [0.5, 0.6) is 0 Å². The zero-order valence-electron chi connectivity index (χ0n) is 17.9. The summed E-state index contributed by atoms with van der Waals surface area (Å²) in [7, 11) is 0. The first-order valence-corrected chi connectivity index (χ1v) is 11.9. The molecule has 3 atom stereocenters. The Morgan fingerprint density at radius 1 is 0.968 bits per heavy atom. The standard InChI is InChI=1S/C24H28F3N3S/c1-15-14-30(16(2)13-29(15)23-9-8-20(12-28-23)24(25,26)27)31-22-5-3-4-18-10-19(11-21(18)22)17-6-7-17/h3-5,8-9,12,15-17,19H,6-7,10-11,13-14H2,1-2H3. The van der Waals surface area contributed by atoms with Crippen molar-refractivity contribution in [3.05, 3.63) is 53.2 Å². The molecule has 3 unspecified atom stereocenters. The van der Waals surface area contributed by atoms with Gasteiger partial charge >= 0.3 is 6.18 Å². The maximum Gasteiger partial charge on any atom is 0.417 e. The molecular formula is C24H28F3N3S. The monoisotopic (exact) mass is 447 g/mol. The van der Waals surface area contributed by atoms with E-state index >= 15 is 0 Å². The predicted molar refractivity (Wildman–Crippen MR) is 118 cm³/mol. The lowest BCUT2D eigenvalue weighted by Crippen LogP contribution is -2.54. The second-order valence-electron chi connectivity index (χ2n) is 9.34. The Morgan fingerprint density at radius 2 is 1.77 bits per heavy atom. The molecule has 1 saturated carbocycles. The Balaban J connectivity index is 1.28. The maximum absolute atomic E-state index is 12.9. The third-order valence-electron chi connectivity index (χ3n) is 6.98. The molecule has 1 aromatic heterocycles. The summed E-state index contributed by atoms with van der Waals surface area (Å²) in [6.07, 6.45) is 1.83. The van der Waals surface area contributed by atoms with Crippen LogP contribution in [0.4, 0.5) is 19.0 Å². The molecule has 2 aromatic rings. The molecule has 1 aliphatic heterocycles. The van der Waals surface area contributed by atoms with E-state index in [9.17, 15) is 13.2 Å². The van der Waals surface area contributed by atoms with Gasteiger partial charge in [0.1, 0.15) is 5.82 Å². The Bertz CT molecular complexity index is 942. The molecular weight excluding hydrogens is 419 g/mol. The van der Waals surface area contributed by atoms with Crippen LogP contribution in [0.15, 0.2) is 41.4 Å². The quantitative estimate of drug-likeness (QED) is 0.549. The van der Waals surface area contributed by atoms with Crippen molar-refractivity contribution in [3.63, 3.8) is 0 Å². The lowest BCUT2D eigenvalue weighted by Gasteiger charge is -2.44. The molecule has 7 heteroatoms. The number of aromatic nitrogens is 1. The zero-order chi connectivity index (χ0) is 21.8. The summed E-state index contributed by atoms with van der Waals surface area (Å²) in [5, 5.41) is 0. The summed E-state index contributed by atoms with van der Waals surface area (Å²) in [6.45, 7) is 5.89. The second-order valence-corrected chi connectivity index (χ2v) is 10.4. The molecule has 3 aliphatic rings. The molecule has 1 aromatic carbocycles. The SMILES string of the molecule is CC1CN(c2ccc(C(F)(F)F)cn2)C(C)CN1Sc1cccc2c1CC(C1CC1)C2. The van der Waals surface area contributed by atoms with Crippen LogP contribution >= 0.6 is 11.9 Å². The number of fused-ring (bicyclic) bond motifs is 1. The van der Waals surface area contributed by atoms with Crippen molar-refractivity contribution in [2.75, 3.05) is 18.0 Å². The summed E-state index contributed by atoms with van der Waals surface area (Å²) in [6, 6.07) is 9.79. The van der Waals surface area contributed by atoms with Crippen LogP contribution in [0.2, 0.25) is 0 Å². The van der Waals surface area contributed by atoms with Gasteiger partial charge in [0.2, 0.25) is 0 Å². The number of piperazine rings is 1. The van der Waals surface area contributed by atoms with E-state index < -0.39 is 11.7 Å². The third kappa shape index (κ3) is 4.31. The highest BCUT2D eigenvalue weighted by Crippen LogP contribution is 2.46. The fourth-order valence-corrected chi connectivity index (χ4v) is 6.28. The van der Waals surface area contributed by atoms with E-state index in [2.05, 4.69) is 46.2 Å². The predicted octanol–water partition coefficient (Wildman–Crippen LogP) is 5.83. The van der Waals surface area contributed by atoms with Gasteiger partial charge in [-0.25, -0.2) is 9.29 Å². The molecule has 5 rings (SSSR count). The Hall–Kier alpha value is -1.73. The Kier molecular flexibility index (Phi) is 5.45. The number of halogens is 3. The molecule has 31 heavy (non-hydrogen) atoms. The van der Waals surface area contributed by atoms with Crippen molar-refractivity contribution in [2.45, 2.75) is 62.7 Å². The number of rotatable bonds is 4. The first-order chi connectivity index (χ1) is 14.8. The van der Waals surface area contributed by atoms with E-state index in [4.69, 9.17) is 0 Å². The fourth-order valence-electron chi connectivity index (χ4n) is 5.03. The molecule has 0 spiro atoms. The van der Waals surface area contributed by atoms with E-state index in [1.807, 2.05) is 11.9 Å². The van der Waals surface area contributed by atoms with Gasteiger partial charge in [0, 0.05) is 36.3 Å². The van der Waals surface area contributed by atoms with Gasteiger partial charge in [-0.2, -0.15) is 13.2 Å². The molecule has 1 saturated heterocycles. The highest BCUT2D eigenvalue weighted by molar-refractivity contribution is 7.97. The van der Waals surface area contributed by atoms with Crippen LogP contribution in [0.25, 0.3) is 0 Å². The number of alkyl halides is 3. The fraction of sp³-hybridized carbons (Fsp3) is 0.542. The molecule has 0 amide bonds. The highest BCUT2D eigenvalue weighted by Gasteiger charge is 2.37. The van der Waals surface area contributed by atoms with Gasteiger partial charge < -0.3 is 4.90 Å². The van der Waals surface area contributed by atoms with Crippen LogP contribution in [0, 0.1) is 11.8 Å². The lowest BCUT2D eigenvalue weighted by molar-refractivity contribution is -0.137. The van der Waals surface area contributed by atoms with Gasteiger partial charge in [-0.05, 0) is 92.6 Å². The van der Waals surface area contributed by atoms with E-state index in [0.29, 0.717) is 5.82 Å². The number of pyridine rings is 1. The van der Waals surface area contributed by atoms with Gasteiger partial charge in [0.25, 0.3) is 0 Å². The average molecular weight is 448 g/mol. The normalized spacial score (nSPS) is 26.9. The smallest absolute Gasteiger partial charge is 0.351 e. The van der Waals surface area contributed by atoms with Crippen molar-refractivity contribution in [1.82, 2.24) is 9.29 Å². The summed E-state index contributed by atoms with van der Waals surface area (Å²) >= 11 is 1.86. The molecule has 3 nitrogen and oxygen atoms in total. The summed E-state index contributed by atoms with van der Waals surface area (Å²) in [5.41, 5.74) is 2.36. The molecule has 0 N–H and O–H groups in total. The van der Waals surface area contributed by atoms with Crippen molar-refractivity contribution in [1.29, 1.82) is 0 Å². The van der Waals surface area contributed by atoms with Crippen molar-refractivity contribution < 1.29 is 13.2 Å². The third-order valence-corrected chi connectivity index (χ3v) is 8.30. The Labute approximate surface area is 186 Å². The molecule has 2 heterocycles. The number of nitrogens with zero attached hydrogens (tertiary/aromatic N) is 3. The van der Waals surface area contributed by atoms with Gasteiger partial charge in [-0.1, -0.05) is 12.1 Å². The minimum absolute atomic E-state index is 0.170. The first kappa shape index (κ1) is 21.1. The van der Waals surface area contributed by atoms with Crippen LogP contribution in [-0.4, -0.2) is 34.5 Å². The van der Waals surface area contributed by atoms with E-state index in [1.165, 1.54) is 47.8 Å².